The Bertz CT molecular complexity index is 490. The highest BCUT2D eigenvalue weighted by Crippen LogP contribution is 2.28. The third kappa shape index (κ3) is 1.71. The molecule has 5 heteroatoms. The lowest BCUT2D eigenvalue weighted by molar-refractivity contribution is -0.129. The summed E-state index contributed by atoms with van der Waals surface area (Å²) in [5.41, 5.74) is 1.77. The average Bonchev–Trinajstić information content (AvgIpc) is 2.71. The fourth-order valence-corrected chi connectivity index (χ4v) is 2.52. The second-order valence-electron chi connectivity index (χ2n) is 4.52. The molecule has 0 aliphatic carbocycles. The molecule has 92 valence electrons. The van der Waals surface area contributed by atoms with Crippen molar-refractivity contribution in [2.24, 2.45) is 0 Å². The molecule has 1 atom stereocenters. The van der Waals surface area contributed by atoms with Crippen LogP contribution in [0, 0.1) is 13.8 Å². The van der Waals surface area contributed by atoms with Gasteiger partial charge < -0.3 is 14.6 Å². The summed E-state index contributed by atoms with van der Waals surface area (Å²) in [7, 11) is 1.77. The maximum Gasteiger partial charge on any atom is 0.337 e. The summed E-state index contributed by atoms with van der Waals surface area (Å²) in [6, 6.07) is 1.39. The summed E-state index contributed by atoms with van der Waals surface area (Å²) in [5.74, 6) is -0.883. The van der Waals surface area contributed by atoms with Crippen LogP contribution in [0.3, 0.4) is 0 Å². The van der Waals surface area contributed by atoms with Gasteiger partial charge >= 0.3 is 5.97 Å². The van der Waals surface area contributed by atoms with Crippen LogP contribution in [-0.4, -0.2) is 40.0 Å². The highest BCUT2D eigenvalue weighted by Gasteiger charge is 2.33. The summed E-state index contributed by atoms with van der Waals surface area (Å²) in [5, 5.41) is 9.06. The van der Waals surface area contributed by atoms with Gasteiger partial charge in [-0.25, -0.2) is 4.79 Å². The minimum atomic E-state index is -0.942. The molecule has 1 amide bonds. The summed E-state index contributed by atoms with van der Waals surface area (Å²) in [6.45, 7) is 4.32. The van der Waals surface area contributed by atoms with Crippen LogP contribution in [-0.2, 0) is 4.79 Å². The van der Waals surface area contributed by atoms with Gasteiger partial charge in [-0.1, -0.05) is 0 Å². The molecule has 1 aliphatic heterocycles. The van der Waals surface area contributed by atoms with E-state index in [-0.39, 0.29) is 17.5 Å². The zero-order valence-corrected chi connectivity index (χ0v) is 10.2. The van der Waals surface area contributed by atoms with E-state index >= 15 is 0 Å². The van der Waals surface area contributed by atoms with Crippen molar-refractivity contribution in [2.45, 2.75) is 26.3 Å². The number of aromatic carboxylic acids is 1. The van der Waals surface area contributed by atoms with E-state index in [1.807, 2.05) is 11.5 Å². The largest absolute Gasteiger partial charge is 0.478 e. The van der Waals surface area contributed by atoms with Gasteiger partial charge in [0.05, 0.1) is 5.56 Å². The molecule has 0 spiro atoms. The molecule has 0 bridgehead atoms. The van der Waals surface area contributed by atoms with Crippen LogP contribution in [0.25, 0.3) is 0 Å². The number of nitrogens with zero attached hydrogens (tertiary/aromatic N) is 2. The van der Waals surface area contributed by atoms with Crippen molar-refractivity contribution in [2.75, 3.05) is 13.6 Å². The topological polar surface area (TPSA) is 62.5 Å². The van der Waals surface area contributed by atoms with Crippen molar-refractivity contribution < 1.29 is 14.7 Å². The lowest BCUT2D eigenvalue weighted by Crippen LogP contribution is -2.25. The first-order chi connectivity index (χ1) is 7.93. The minimum absolute atomic E-state index is 0.0590. The quantitative estimate of drug-likeness (QED) is 0.839. The Labute approximate surface area is 99.6 Å². The van der Waals surface area contributed by atoms with Gasteiger partial charge in [0.1, 0.15) is 6.04 Å². The average molecular weight is 236 g/mol. The van der Waals surface area contributed by atoms with Gasteiger partial charge in [-0.05, 0) is 26.3 Å². The highest BCUT2D eigenvalue weighted by molar-refractivity contribution is 5.90. The number of hydrogen-bond donors (Lipinski definition) is 1. The van der Waals surface area contributed by atoms with Crippen LogP contribution in [0.1, 0.15) is 34.2 Å². The first kappa shape index (κ1) is 11.7. The number of likely N-dealkylation sites (tertiary alicyclic amines) is 1. The fraction of sp³-hybridized carbons (Fsp3) is 0.500. The first-order valence-electron chi connectivity index (χ1n) is 5.60. The highest BCUT2D eigenvalue weighted by atomic mass is 16.4. The third-order valence-corrected chi connectivity index (χ3v) is 3.43. The van der Waals surface area contributed by atoms with E-state index < -0.39 is 5.97 Å². The van der Waals surface area contributed by atoms with Gasteiger partial charge in [-0.15, -0.1) is 0 Å². The minimum Gasteiger partial charge on any atom is -0.478 e. The summed E-state index contributed by atoms with van der Waals surface area (Å²) >= 11 is 0. The van der Waals surface area contributed by atoms with Gasteiger partial charge in [0.2, 0.25) is 5.91 Å². The van der Waals surface area contributed by atoms with E-state index in [9.17, 15) is 9.59 Å². The molecule has 5 nitrogen and oxygen atoms in total. The second-order valence-corrected chi connectivity index (χ2v) is 4.52. The Morgan fingerprint density at radius 3 is 2.53 bits per heavy atom. The van der Waals surface area contributed by atoms with Crippen molar-refractivity contribution in [3.63, 3.8) is 0 Å². The molecule has 1 aromatic heterocycles. The number of hydrogen-bond acceptors (Lipinski definition) is 2. The number of aromatic nitrogens is 1. The standard InChI is InChI=1S/C12H16N2O3/c1-7-6-9(12(16)17)8(2)14(7)10-4-5-13(3)11(10)15/h6,10H,4-5H2,1-3H3,(H,16,17). The van der Waals surface area contributed by atoms with Gasteiger partial charge in [0.25, 0.3) is 0 Å². The Morgan fingerprint density at radius 1 is 1.47 bits per heavy atom. The lowest BCUT2D eigenvalue weighted by Gasteiger charge is -2.16. The van der Waals surface area contributed by atoms with Crippen LogP contribution < -0.4 is 0 Å². The fourth-order valence-electron chi connectivity index (χ4n) is 2.52. The van der Waals surface area contributed by atoms with Crippen LogP contribution in [0.5, 0.6) is 0 Å². The molecule has 0 saturated carbocycles. The molecule has 17 heavy (non-hydrogen) atoms. The van der Waals surface area contributed by atoms with Crippen LogP contribution in [0.15, 0.2) is 6.07 Å². The van der Waals surface area contributed by atoms with Crippen molar-refractivity contribution in [1.82, 2.24) is 9.47 Å². The zero-order chi connectivity index (χ0) is 12.7. The molecule has 0 radical (unpaired) electrons. The van der Waals surface area contributed by atoms with Gasteiger partial charge in [-0.3, -0.25) is 4.79 Å². The van der Waals surface area contributed by atoms with Crippen LogP contribution in [0.2, 0.25) is 0 Å². The number of carboxylic acid groups (broad SMARTS) is 1. The molecular formula is C12H16N2O3. The number of carbonyl (C=O) groups is 2. The predicted octanol–water partition coefficient (Wildman–Crippen LogP) is 1.21. The molecule has 2 heterocycles. The monoisotopic (exact) mass is 236 g/mol. The van der Waals surface area contributed by atoms with Crippen molar-refractivity contribution >= 4 is 11.9 Å². The summed E-state index contributed by atoms with van der Waals surface area (Å²) in [4.78, 5) is 24.7. The van der Waals surface area contributed by atoms with E-state index in [0.29, 0.717) is 5.69 Å². The molecule has 0 aromatic carbocycles. The van der Waals surface area contributed by atoms with Crippen molar-refractivity contribution in [1.29, 1.82) is 0 Å². The maximum absolute atomic E-state index is 11.9. The molecule has 1 fully saturated rings. The third-order valence-electron chi connectivity index (χ3n) is 3.43. The van der Waals surface area contributed by atoms with Gasteiger partial charge in [0.15, 0.2) is 0 Å². The normalized spacial score (nSPS) is 20.1. The van der Waals surface area contributed by atoms with Gasteiger partial charge in [0, 0.05) is 25.0 Å². The second kappa shape index (κ2) is 3.91. The molecule has 1 saturated heterocycles. The SMILES string of the molecule is Cc1cc(C(=O)O)c(C)n1C1CCN(C)C1=O. The van der Waals surface area contributed by atoms with Gasteiger partial charge in [-0.2, -0.15) is 0 Å². The number of carboxylic acids is 1. The Morgan fingerprint density at radius 2 is 2.12 bits per heavy atom. The van der Waals surface area contributed by atoms with Crippen molar-refractivity contribution in [3.05, 3.63) is 23.0 Å². The van der Waals surface area contributed by atoms with Crippen LogP contribution >= 0.6 is 0 Å². The Balaban J connectivity index is 2.46. The Kier molecular flexibility index (Phi) is 2.69. The van der Waals surface area contributed by atoms with E-state index in [1.165, 1.54) is 0 Å². The Hall–Kier alpha value is -1.78. The molecular weight excluding hydrogens is 220 g/mol. The smallest absolute Gasteiger partial charge is 0.337 e. The molecule has 1 N–H and O–H groups in total. The number of aryl methyl sites for hydroxylation is 1. The van der Waals surface area contributed by atoms with E-state index in [1.54, 1.807) is 24.9 Å². The summed E-state index contributed by atoms with van der Waals surface area (Å²) in [6.07, 6.45) is 0.741. The molecule has 2 rings (SSSR count). The molecule has 1 unspecified atom stereocenters. The number of carbonyl (C=O) groups excluding carboxylic acids is 1. The number of rotatable bonds is 2. The first-order valence-corrected chi connectivity index (χ1v) is 5.60. The summed E-state index contributed by atoms with van der Waals surface area (Å²) < 4.78 is 1.84. The maximum atomic E-state index is 11.9. The van der Waals surface area contributed by atoms with Crippen molar-refractivity contribution in [3.8, 4) is 0 Å². The van der Waals surface area contributed by atoms with E-state index in [4.69, 9.17) is 5.11 Å². The van der Waals surface area contributed by atoms with Crippen LogP contribution in [0.4, 0.5) is 0 Å². The zero-order valence-electron chi connectivity index (χ0n) is 10.2. The molecule has 1 aromatic rings. The predicted molar refractivity (Wildman–Crippen MR) is 62.2 cm³/mol. The molecule has 1 aliphatic rings. The van der Waals surface area contributed by atoms with E-state index in [2.05, 4.69) is 0 Å². The lowest BCUT2D eigenvalue weighted by atomic mass is 10.2. The number of amides is 1. The van der Waals surface area contributed by atoms with E-state index in [0.717, 1.165) is 18.7 Å². The number of likely N-dealkylation sites (N-methyl/N-ethyl adjacent to an activating group) is 1.